The average Bonchev–Trinajstić information content (AvgIpc) is 1.86. The van der Waals surface area contributed by atoms with Gasteiger partial charge < -0.3 is 4.43 Å². The first kappa shape index (κ1) is 11.7. The Labute approximate surface area is 76.4 Å². The van der Waals surface area contributed by atoms with Gasteiger partial charge in [0, 0.05) is 0 Å². The van der Waals surface area contributed by atoms with E-state index in [-0.39, 0.29) is 5.04 Å². The highest BCUT2D eigenvalue weighted by atomic mass is 28.4. The van der Waals surface area contributed by atoms with Gasteiger partial charge in [0.15, 0.2) is 0 Å². The number of hydrogen-bond acceptors (Lipinski definition) is 2. The molecule has 0 aliphatic heterocycles. The fraction of sp³-hybridized carbons (Fsp3) is 0.889. The highest BCUT2D eigenvalue weighted by Crippen LogP contribution is 2.41. The van der Waals surface area contributed by atoms with Crippen molar-refractivity contribution in [3.05, 3.63) is 0 Å². The van der Waals surface area contributed by atoms with Gasteiger partial charge in [0.25, 0.3) is 8.32 Å². The first-order valence-corrected chi connectivity index (χ1v) is 7.33. The molecule has 0 aliphatic carbocycles. The minimum atomic E-state index is -1.88. The normalized spacial score (nSPS) is 12.8. The van der Waals surface area contributed by atoms with E-state index in [1.165, 1.54) is 0 Å². The molecule has 2 nitrogen and oxygen atoms in total. The summed E-state index contributed by atoms with van der Waals surface area (Å²) in [6.07, 6.45) is 2.24. The van der Waals surface area contributed by atoms with Gasteiger partial charge in [0.05, 0.1) is 0 Å². The van der Waals surface area contributed by atoms with E-state index in [4.69, 9.17) is 4.43 Å². The first-order valence-electron chi connectivity index (χ1n) is 4.42. The smallest absolute Gasteiger partial charge is 0.402 e. The van der Waals surface area contributed by atoms with E-state index >= 15 is 0 Å². The van der Waals surface area contributed by atoms with E-state index in [0.717, 1.165) is 12.8 Å². The van der Waals surface area contributed by atoms with Crippen molar-refractivity contribution in [3.8, 4) is 0 Å². The van der Waals surface area contributed by atoms with E-state index in [9.17, 15) is 4.79 Å². The zero-order chi connectivity index (χ0) is 9.83. The third kappa shape index (κ3) is 2.63. The van der Waals surface area contributed by atoms with Crippen LogP contribution < -0.4 is 0 Å². The van der Waals surface area contributed by atoms with Gasteiger partial charge in [-0.05, 0) is 24.6 Å². The van der Waals surface area contributed by atoms with Crippen LogP contribution in [-0.2, 0) is 9.22 Å². The van der Waals surface area contributed by atoms with Gasteiger partial charge in [-0.3, -0.25) is 0 Å². The van der Waals surface area contributed by atoms with Crippen LogP contribution in [0.3, 0.4) is 0 Å². The highest BCUT2D eigenvalue weighted by Gasteiger charge is 2.41. The van der Waals surface area contributed by atoms with Crippen molar-refractivity contribution in [2.24, 2.45) is 0 Å². The molecule has 71 valence electrons. The molecule has 0 N–H and O–H groups in total. The molecule has 0 rings (SSSR count). The summed E-state index contributed by atoms with van der Waals surface area (Å²) in [6.45, 7) is 12.2. The predicted octanol–water partition coefficient (Wildman–Crippen LogP) is 2.86. The zero-order valence-electron chi connectivity index (χ0n) is 8.73. The summed E-state index contributed by atoms with van der Waals surface area (Å²) in [6, 6.07) is 0. The molecule has 1 radical (unpaired) electrons. The van der Waals surface area contributed by atoms with Crippen LogP contribution in [0.4, 0.5) is 0 Å². The summed E-state index contributed by atoms with van der Waals surface area (Å²) < 4.78 is 5.08. The number of carbonyl (C=O) groups excluding carboxylic acids is 1. The zero-order valence-corrected chi connectivity index (χ0v) is 9.73. The standard InChI is InChI=1S/C9H19O2Si/c1-6-7-9(2,3)12(4,5)11-8-10/h6-7H2,1-5H3. The maximum atomic E-state index is 10.2. The SMILES string of the molecule is CCCC(C)(C)[Si](C)(C)O[C]=O. The Bertz CT molecular complexity index is 153. The molecule has 0 aromatic heterocycles. The Kier molecular flexibility index (Phi) is 3.97. The maximum absolute atomic E-state index is 10.2. The predicted molar refractivity (Wildman–Crippen MR) is 53.2 cm³/mol. The number of rotatable bonds is 5. The fourth-order valence-corrected chi connectivity index (χ4v) is 2.51. The highest BCUT2D eigenvalue weighted by molar-refractivity contribution is 6.75. The Balaban J connectivity index is 4.38. The molecule has 0 unspecified atom stereocenters. The lowest BCUT2D eigenvalue weighted by atomic mass is 10.1. The summed E-state index contributed by atoms with van der Waals surface area (Å²) in [5.41, 5.74) is 0. The van der Waals surface area contributed by atoms with Gasteiger partial charge in [-0.1, -0.05) is 27.2 Å². The molecule has 0 saturated heterocycles. The average molecular weight is 187 g/mol. The topological polar surface area (TPSA) is 26.3 Å². The van der Waals surface area contributed by atoms with E-state index in [1.807, 2.05) is 0 Å². The Hall–Kier alpha value is -0.313. The van der Waals surface area contributed by atoms with Crippen LogP contribution in [-0.4, -0.2) is 14.8 Å². The Morgan fingerprint density at radius 3 is 2.25 bits per heavy atom. The Morgan fingerprint density at radius 2 is 1.92 bits per heavy atom. The maximum Gasteiger partial charge on any atom is 0.402 e. The molecule has 3 heteroatoms. The summed E-state index contributed by atoms with van der Waals surface area (Å²) in [4.78, 5) is 10.2. The van der Waals surface area contributed by atoms with Gasteiger partial charge in [0.2, 0.25) is 0 Å². The lowest BCUT2D eigenvalue weighted by Gasteiger charge is -2.36. The summed E-state index contributed by atoms with van der Waals surface area (Å²) >= 11 is 0. The van der Waals surface area contributed by atoms with Crippen LogP contribution in [0.25, 0.3) is 0 Å². The molecule has 0 aliphatic rings. The second-order valence-electron chi connectivity index (χ2n) is 4.33. The Morgan fingerprint density at radius 1 is 1.42 bits per heavy atom. The lowest BCUT2D eigenvalue weighted by molar-refractivity contribution is 0.401. The van der Waals surface area contributed by atoms with Crippen molar-refractivity contribution in [2.45, 2.75) is 51.7 Å². The molecule has 0 atom stereocenters. The second kappa shape index (κ2) is 4.08. The minimum absolute atomic E-state index is 0.152. The fourth-order valence-electron chi connectivity index (χ4n) is 1.17. The molecule has 0 aromatic rings. The van der Waals surface area contributed by atoms with E-state index in [1.54, 1.807) is 6.47 Å². The van der Waals surface area contributed by atoms with Crippen molar-refractivity contribution >= 4 is 14.8 Å². The van der Waals surface area contributed by atoms with Crippen LogP contribution in [0.5, 0.6) is 0 Å². The van der Waals surface area contributed by atoms with Gasteiger partial charge >= 0.3 is 6.47 Å². The van der Waals surface area contributed by atoms with Crippen molar-refractivity contribution in [2.75, 3.05) is 0 Å². The van der Waals surface area contributed by atoms with Gasteiger partial charge in [-0.2, -0.15) is 0 Å². The molecular formula is C9H19O2Si. The third-order valence-corrected chi connectivity index (χ3v) is 6.91. The molecule has 0 amide bonds. The van der Waals surface area contributed by atoms with Gasteiger partial charge in [-0.15, -0.1) is 0 Å². The van der Waals surface area contributed by atoms with Crippen molar-refractivity contribution in [3.63, 3.8) is 0 Å². The van der Waals surface area contributed by atoms with Crippen LogP contribution in [0, 0.1) is 0 Å². The molecule has 0 fully saturated rings. The van der Waals surface area contributed by atoms with Crippen molar-refractivity contribution in [1.82, 2.24) is 0 Å². The van der Waals surface area contributed by atoms with E-state index < -0.39 is 8.32 Å². The molecule has 0 heterocycles. The van der Waals surface area contributed by atoms with Gasteiger partial charge in [0.1, 0.15) is 0 Å². The van der Waals surface area contributed by atoms with E-state index in [0.29, 0.717) is 0 Å². The summed E-state index contributed by atoms with van der Waals surface area (Å²) in [7, 11) is -1.88. The van der Waals surface area contributed by atoms with Crippen LogP contribution in [0.15, 0.2) is 0 Å². The molecule has 0 aromatic carbocycles. The minimum Gasteiger partial charge on any atom is -0.511 e. The van der Waals surface area contributed by atoms with Crippen molar-refractivity contribution in [1.29, 1.82) is 0 Å². The van der Waals surface area contributed by atoms with E-state index in [2.05, 4.69) is 33.9 Å². The third-order valence-electron chi connectivity index (χ3n) is 2.80. The monoisotopic (exact) mass is 187 g/mol. The molecule has 0 spiro atoms. The molecule has 0 saturated carbocycles. The first-order chi connectivity index (χ1) is 5.37. The van der Waals surface area contributed by atoms with Crippen LogP contribution >= 0.6 is 0 Å². The second-order valence-corrected chi connectivity index (χ2v) is 8.91. The largest absolute Gasteiger partial charge is 0.511 e. The molecule has 0 bridgehead atoms. The summed E-state index contributed by atoms with van der Waals surface area (Å²) in [5.74, 6) is 0. The van der Waals surface area contributed by atoms with Crippen LogP contribution in [0.2, 0.25) is 18.1 Å². The molecule has 12 heavy (non-hydrogen) atoms. The van der Waals surface area contributed by atoms with Gasteiger partial charge in [-0.25, -0.2) is 4.79 Å². The number of hydrogen-bond donors (Lipinski definition) is 0. The lowest BCUT2D eigenvalue weighted by Crippen LogP contribution is -2.41. The quantitative estimate of drug-likeness (QED) is 0.619. The van der Waals surface area contributed by atoms with Crippen molar-refractivity contribution < 1.29 is 9.22 Å². The van der Waals surface area contributed by atoms with Crippen LogP contribution in [0.1, 0.15) is 33.6 Å². The summed E-state index contributed by atoms with van der Waals surface area (Å²) in [5, 5.41) is 0.152. The molecular weight excluding hydrogens is 168 g/mol.